The Morgan fingerprint density at radius 1 is 0.389 bits per heavy atom. The molecule has 0 spiro atoms. The van der Waals surface area contributed by atoms with E-state index in [1.165, 1.54) is 66.1 Å². The van der Waals surface area contributed by atoms with E-state index in [-0.39, 0.29) is 0 Å². The van der Waals surface area contributed by atoms with Gasteiger partial charge in [0.1, 0.15) is 0 Å². The quantitative estimate of drug-likeness (QED) is 0.180. The van der Waals surface area contributed by atoms with E-state index in [2.05, 4.69) is 185 Å². The van der Waals surface area contributed by atoms with E-state index >= 15 is 0 Å². The van der Waals surface area contributed by atoms with Crippen molar-refractivity contribution in [2.45, 2.75) is 12.8 Å². The van der Waals surface area contributed by atoms with E-state index in [4.69, 9.17) is 9.97 Å². The Morgan fingerprint density at radius 2 is 0.907 bits per heavy atom. The molecule has 4 heteroatoms. The molecule has 0 unspecified atom stereocenters. The van der Waals surface area contributed by atoms with Crippen molar-refractivity contribution in [3.05, 3.63) is 187 Å². The Kier molecular flexibility index (Phi) is 6.96. The number of benzene rings is 7. The first-order chi connectivity index (χ1) is 26.8. The van der Waals surface area contributed by atoms with Crippen LogP contribution in [0.5, 0.6) is 0 Å². The highest BCUT2D eigenvalue weighted by Gasteiger charge is 2.23. The van der Waals surface area contributed by atoms with Crippen molar-refractivity contribution in [3.8, 4) is 39.5 Å². The number of para-hydroxylation sites is 3. The Labute approximate surface area is 312 Å². The van der Waals surface area contributed by atoms with Crippen LogP contribution in [0.15, 0.2) is 176 Å². The first kappa shape index (κ1) is 30.6. The molecule has 4 nitrogen and oxygen atoms in total. The van der Waals surface area contributed by atoms with Crippen LogP contribution in [0, 0.1) is 0 Å². The van der Waals surface area contributed by atoms with Gasteiger partial charge in [0.2, 0.25) is 0 Å². The lowest BCUT2D eigenvalue weighted by Crippen LogP contribution is -2.10. The molecule has 0 atom stereocenters. The van der Waals surface area contributed by atoms with Crippen LogP contribution < -0.4 is 0 Å². The van der Waals surface area contributed by atoms with E-state index in [1.54, 1.807) is 0 Å². The standard InChI is InChI=1S/C50H34N4/c1-4-14-33(15-5-1)49-43-32-38(26-27-44(43)51-50(52-49)34-16-6-2-7-17-34)54-46-23-13-11-21-40(46)42-31-36(25-29-48(42)54)35-24-28-47-41(30-35)39-20-10-12-22-45(39)53(47)37-18-8-3-9-19-37/h1-25,28-32H,26-27H2. The Morgan fingerprint density at radius 3 is 1.56 bits per heavy atom. The average Bonchev–Trinajstić information content (AvgIpc) is 3.76. The lowest BCUT2D eigenvalue weighted by Gasteiger charge is -2.21. The van der Waals surface area contributed by atoms with Gasteiger partial charge in [0.15, 0.2) is 5.82 Å². The van der Waals surface area contributed by atoms with E-state index < -0.39 is 0 Å². The topological polar surface area (TPSA) is 35.6 Å². The molecule has 254 valence electrons. The molecule has 3 heterocycles. The molecule has 0 radical (unpaired) electrons. The van der Waals surface area contributed by atoms with E-state index in [1.807, 2.05) is 6.07 Å². The predicted molar refractivity (Wildman–Crippen MR) is 225 cm³/mol. The molecular weight excluding hydrogens is 657 g/mol. The second-order valence-electron chi connectivity index (χ2n) is 14.1. The van der Waals surface area contributed by atoms with E-state index in [9.17, 15) is 0 Å². The fourth-order valence-electron chi connectivity index (χ4n) is 8.52. The second-order valence-corrected chi connectivity index (χ2v) is 14.1. The average molecular weight is 691 g/mol. The SMILES string of the molecule is C1=C(n2c3ccccc3c3cc(-c4ccc5c(c4)c4ccccc4n5-c4ccccc4)ccc32)CCc2nc(-c3ccccc3)nc(-c3ccccc3)c21. The number of aryl methyl sites for hydroxylation is 1. The van der Waals surface area contributed by atoms with Gasteiger partial charge in [0, 0.05) is 49.6 Å². The lowest BCUT2D eigenvalue weighted by molar-refractivity contribution is 0.894. The molecule has 7 aromatic carbocycles. The van der Waals surface area contributed by atoms with Crippen LogP contribution >= 0.6 is 0 Å². The van der Waals surface area contributed by atoms with Crippen molar-refractivity contribution in [2.75, 3.05) is 0 Å². The number of fused-ring (bicyclic) bond motifs is 7. The highest BCUT2D eigenvalue weighted by atomic mass is 15.0. The molecular formula is C50H34N4. The summed E-state index contributed by atoms with van der Waals surface area (Å²) in [7, 11) is 0. The first-order valence-electron chi connectivity index (χ1n) is 18.6. The Hall–Kier alpha value is -7.04. The van der Waals surface area contributed by atoms with Gasteiger partial charge in [-0.2, -0.15) is 0 Å². The highest BCUT2D eigenvalue weighted by molar-refractivity contribution is 6.13. The fourth-order valence-corrected chi connectivity index (χ4v) is 8.52. The first-order valence-corrected chi connectivity index (χ1v) is 18.6. The zero-order chi connectivity index (χ0) is 35.6. The van der Waals surface area contributed by atoms with Crippen LogP contribution in [0.25, 0.3) is 94.8 Å². The van der Waals surface area contributed by atoms with Gasteiger partial charge in [0.25, 0.3) is 0 Å². The second kappa shape index (κ2) is 12.3. The van der Waals surface area contributed by atoms with Gasteiger partial charge in [-0.05, 0) is 78.6 Å². The third kappa shape index (κ3) is 4.84. The van der Waals surface area contributed by atoms with Gasteiger partial charge in [-0.15, -0.1) is 0 Å². The lowest BCUT2D eigenvalue weighted by atomic mass is 9.95. The summed E-state index contributed by atoms with van der Waals surface area (Å²) in [6.07, 6.45) is 4.06. The van der Waals surface area contributed by atoms with Crippen LogP contribution in [-0.4, -0.2) is 19.1 Å². The van der Waals surface area contributed by atoms with Crippen molar-refractivity contribution in [3.63, 3.8) is 0 Å². The minimum Gasteiger partial charge on any atom is -0.313 e. The maximum absolute atomic E-state index is 5.20. The number of hydrogen-bond acceptors (Lipinski definition) is 2. The van der Waals surface area contributed by atoms with Crippen LogP contribution in [0.3, 0.4) is 0 Å². The summed E-state index contributed by atoms with van der Waals surface area (Å²) in [6, 6.07) is 63.0. The van der Waals surface area contributed by atoms with Crippen molar-refractivity contribution in [2.24, 2.45) is 0 Å². The normalized spacial score (nSPS) is 12.8. The monoisotopic (exact) mass is 690 g/mol. The summed E-state index contributed by atoms with van der Waals surface area (Å²) in [5.74, 6) is 0.775. The molecule has 10 aromatic rings. The van der Waals surface area contributed by atoms with Gasteiger partial charge in [0.05, 0.1) is 33.5 Å². The Balaban J connectivity index is 1.07. The Bertz CT molecular complexity index is 3080. The summed E-state index contributed by atoms with van der Waals surface area (Å²) in [5, 5.41) is 5.02. The zero-order valence-corrected chi connectivity index (χ0v) is 29.5. The number of rotatable bonds is 5. The van der Waals surface area contributed by atoms with E-state index in [0.29, 0.717) is 0 Å². The molecule has 0 saturated heterocycles. The third-order valence-corrected chi connectivity index (χ3v) is 11.0. The third-order valence-electron chi connectivity index (χ3n) is 11.0. The van der Waals surface area contributed by atoms with Gasteiger partial charge >= 0.3 is 0 Å². The minimum atomic E-state index is 0.775. The summed E-state index contributed by atoms with van der Waals surface area (Å²) in [5.41, 5.74) is 15.0. The number of allylic oxidation sites excluding steroid dienone is 1. The molecule has 11 rings (SSSR count). The van der Waals surface area contributed by atoms with Crippen molar-refractivity contribution in [1.29, 1.82) is 0 Å². The molecule has 0 aliphatic heterocycles. The van der Waals surface area contributed by atoms with Gasteiger partial charge in [-0.1, -0.05) is 127 Å². The zero-order valence-electron chi connectivity index (χ0n) is 29.5. The molecule has 3 aromatic heterocycles. The predicted octanol–water partition coefficient (Wildman–Crippen LogP) is 12.6. The smallest absolute Gasteiger partial charge is 0.160 e. The van der Waals surface area contributed by atoms with Crippen molar-refractivity contribution < 1.29 is 0 Å². The maximum atomic E-state index is 5.20. The molecule has 0 fully saturated rings. The highest BCUT2D eigenvalue weighted by Crippen LogP contribution is 2.41. The van der Waals surface area contributed by atoms with Gasteiger partial charge < -0.3 is 9.13 Å². The maximum Gasteiger partial charge on any atom is 0.160 e. The van der Waals surface area contributed by atoms with Crippen LogP contribution in [-0.2, 0) is 6.42 Å². The minimum absolute atomic E-state index is 0.775. The number of aromatic nitrogens is 4. The van der Waals surface area contributed by atoms with Gasteiger partial charge in [-0.25, -0.2) is 9.97 Å². The largest absolute Gasteiger partial charge is 0.313 e. The molecule has 0 saturated carbocycles. The van der Waals surface area contributed by atoms with Gasteiger partial charge in [-0.3, -0.25) is 0 Å². The molecule has 1 aliphatic carbocycles. The van der Waals surface area contributed by atoms with Crippen LogP contribution in [0.4, 0.5) is 0 Å². The number of hydrogen-bond donors (Lipinski definition) is 0. The van der Waals surface area contributed by atoms with Crippen molar-refractivity contribution >= 4 is 55.4 Å². The summed E-state index contributed by atoms with van der Waals surface area (Å²) < 4.78 is 4.84. The summed E-state index contributed by atoms with van der Waals surface area (Å²) in [6.45, 7) is 0. The van der Waals surface area contributed by atoms with Crippen LogP contribution in [0.1, 0.15) is 17.7 Å². The number of nitrogens with zero attached hydrogens (tertiary/aromatic N) is 4. The summed E-state index contributed by atoms with van der Waals surface area (Å²) >= 11 is 0. The molecule has 0 N–H and O–H groups in total. The molecule has 1 aliphatic rings. The molecule has 0 amide bonds. The summed E-state index contributed by atoms with van der Waals surface area (Å²) in [4.78, 5) is 10.4. The van der Waals surface area contributed by atoms with E-state index in [0.717, 1.165) is 46.7 Å². The molecule has 0 bridgehead atoms. The molecule has 54 heavy (non-hydrogen) atoms. The van der Waals surface area contributed by atoms with Crippen LogP contribution in [0.2, 0.25) is 0 Å². The van der Waals surface area contributed by atoms with Crippen molar-refractivity contribution in [1.82, 2.24) is 19.1 Å². The fraction of sp³-hybridized carbons (Fsp3) is 0.0400.